The molecule has 2 nitrogen and oxygen atoms in total. The van der Waals surface area contributed by atoms with Crippen molar-refractivity contribution in [1.82, 2.24) is 10.2 Å². The highest BCUT2D eigenvalue weighted by Gasteiger charge is 2.35. The molecule has 0 radical (unpaired) electrons. The highest BCUT2D eigenvalue weighted by molar-refractivity contribution is 4.92. The number of nitrogens with one attached hydrogen (secondary N) is 1. The summed E-state index contributed by atoms with van der Waals surface area (Å²) in [6.45, 7) is 6.49. The summed E-state index contributed by atoms with van der Waals surface area (Å²) in [6.07, 6.45) is 17.4. The summed E-state index contributed by atoms with van der Waals surface area (Å²) in [7, 11) is 0. The Morgan fingerprint density at radius 1 is 0.905 bits per heavy atom. The van der Waals surface area contributed by atoms with Gasteiger partial charge < -0.3 is 10.2 Å². The number of hydrogen-bond acceptors (Lipinski definition) is 2. The molecule has 0 spiro atoms. The van der Waals surface area contributed by atoms with E-state index in [1.54, 1.807) is 0 Å². The molecule has 3 fully saturated rings. The van der Waals surface area contributed by atoms with Crippen LogP contribution in [0.2, 0.25) is 0 Å². The molecule has 1 unspecified atom stereocenters. The molecule has 0 aromatic heterocycles. The molecule has 122 valence electrons. The van der Waals surface area contributed by atoms with Crippen LogP contribution in [0.3, 0.4) is 0 Å². The monoisotopic (exact) mass is 292 g/mol. The van der Waals surface area contributed by atoms with E-state index in [1.165, 1.54) is 96.7 Å². The fourth-order valence-electron chi connectivity index (χ4n) is 4.52. The van der Waals surface area contributed by atoms with Crippen LogP contribution in [0.25, 0.3) is 0 Å². The molecule has 21 heavy (non-hydrogen) atoms. The Morgan fingerprint density at radius 2 is 1.62 bits per heavy atom. The standard InChI is InChI=1S/C19H36N2/c1-17-9-5-4-8-14-21(17)16-19(15-20-18-10-11-18)12-6-2-3-7-13-19/h17-18,20H,2-16H2,1H3. The lowest BCUT2D eigenvalue weighted by molar-refractivity contribution is 0.0995. The zero-order chi connectivity index (χ0) is 14.5. The van der Waals surface area contributed by atoms with Gasteiger partial charge in [0.25, 0.3) is 0 Å². The van der Waals surface area contributed by atoms with Gasteiger partial charge in [-0.2, -0.15) is 0 Å². The summed E-state index contributed by atoms with van der Waals surface area (Å²) in [5.41, 5.74) is 0.581. The van der Waals surface area contributed by atoms with Crippen molar-refractivity contribution >= 4 is 0 Å². The second-order valence-corrected chi connectivity index (χ2v) is 8.24. The zero-order valence-corrected chi connectivity index (χ0v) is 14.2. The van der Waals surface area contributed by atoms with E-state index < -0.39 is 0 Å². The van der Waals surface area contributed by atoms with Gasteiger partial charge in [-0.1, -0.05) is 38.5 Å². The number of hydrogen-bond donors (Lipinski definition) is 1. The molecule has 3 rings (SSSR count). The first-order valence-corrected chi connectivity index (χ1v) is 9.75. The second kappa shape index (κ2) is 7.46. The molecule has 2 aliphatic carbocycles. The van der Waals surface area contributed by atoms with Crippen LogP contribution < -0.4 is 5.32 Å². The van der Waals surface area contributed by atoms with Gasteiger partial charge in [-0.25, -0.2) is 0 Å². The highest BCUT2D eigenvalue weighted by Crippen LogP contribution is 2.37. The molecule has 3 aliphatic rings. The molecule has 2 saturated carbocycles. The van der Waals surface area contributed by atoms with Crippen LogP contribution in [0.15, 0.2) is 0 Å². The Kier molecular flexibility index (Phi) is 5.61. The fraction of sp³-hybridized carbons (Fsp3) is 1.00. The third kappa shape index (κ3) is 4.69. The summed E-state index contributed by atoms with van der Waals surface area (Å²) in [6, 6.07) is 1.68. The summed E-state index contributed by atoms with van der Waals surface area (Å²) >= 11 is 0. The van der Waals surface area contributed by atoms with Crippen LogP contribution in [0, 0.1) is 5.41 Å². The second-order valence-electron chi connectivity index (χ2n) is 8.24. The maximum Gasteiger partial charge on any atom is 0.00684 e. The van der Waals surface area contributed by atoms with E-state index in [-0.39, 0.29) is 0 Å². The molecule has 1 N–H and O–H groups in total. The molecule has 1 atom stereocenters. The van der Waals surface area contributed by atoms with Gasteiger partial charge in [0.2, 0.25) is 0 Å². The summed E-state index contributed by atoms with van der Waals surface area (Å²) in [5.74, 6) is 0. The predicted molar refractivity (Wildman–Crippen MR) is 90.7 cm³/mol. The van der Waals surface area contributed by atoms with Crippen LogP contribution in [-0.4, -0.2) is 36.6 Å². The average molecular weight is 293 g/mol. The Balaban J connectivity index is 1.63. The van der Waals surface area contributed by atoms with Crippen molar-refractivity contribution in [3.05, 3.63) is 0 Å². The number of nitrogens with zero attached hydrogens (tertiary/aromatic N) is 1. The maximum absolute atomic E-state index is 3.89. The minimum Gasteiger partial charge on any atom is -0.313 e. The van der Waals surface area contributed by atoms with Gasteiger partial charge in [0.05, 0.1) is 0 Å². The smallest absolute Gasteiger partial charge is 0.00684 e. The summed E-state index contributed by atoms with van der Waals surface area (Å²) in [4.78, 5) is 2.85. The topological polar surface area (TPSA) is 15.3 Å². The van der Waals surface area contributed by atoms with Gasteiger partial charge in [0.1, 0.15) is 0 Å². The summed E-state index contributed by atoms with van der Waals surface area (Å²) < 4.78 is 0. The molecule has 0 amide bonds. The molecule has 1 saturated heterocycles. The van der Waals surface area contributed by atoms with Gasteiger partial charge >= 0.3 is 0 Å². The van der Waals surface area contributed by atoms with E-state index >= 15 is 0 Å². The number of rotatable bonds is 5. The van der Waals surface area contributed by atoms with Crippen LogP contribution in [0.5, 0.6) is 0 Å². The van der Waals surface area contributed by atoms with Crippen molar-refractivity contribution in [2.45, 2.75) is 96.1 Å². The fourth-order valence-corrected chi connectivity index (χ4v) is 4.52. The third-order valence-corrected chi connectivity index (χ3v) is 6.24. The Labute approximate surface area is 132 Å². The molecule has 0 bridgehead atoms. The quantitative estimate of drug-likeness (QED) is 0.758. The third-order valence-electron chi connectivity index (χ3n) is 6.24. The largest absolute Gasteiger partial charge is 0.313 e. The molecule has 0 aromatic carbocycles. The highest BCUT2D eigenvalue weighted by atomic mass is 15.2. The molecular formula is C19H36N2. The van der Waals surface area contributed by atoms with Crippen LogP contribution in [0.1, 0.15) is 84.0 Å². The maximum atomic E-state index is 3.89. The van der Waals surface area contributed by atoms with Crippen LogP contribution >= 0.6 is 0 Å². The van der Waals surface area contributed by atoms with Crippen LogP contribution in [-0.2, 0) is 0 Å². The first-order valence-electron chi connectivity index (χ1n) is 9.75. The van der Waals surface area contributed by atoms with Crippen molar-refractivity contribution < 1.29 is 0 Å². The number of likely N-dealkylation sites (tertiary alicyclic amines) is 1. The normalized spacial score (nSPS) is 31.6. The Hall–Kier alpha value is -0.0800. The van der Waals surface area contributed by atoms with E-state index in [4.69, 9.17) is 0 Å². The molecule has 1 heterocycles. The lowest BCUT2D eigenvalue weighted by Crippen LogP contribution is -2.47. The lowest BCUT2D eigenvalue weighted by Gasteiger charge is -2.40. The van der Waals surface area contributed by atoms with Crippen molar-refractivity contribution in [2.24, 2.45) is 5.41 Å². The van der Waals surface area contributed by atoms with Crippen molar-refractivity contribution in [3.63, 3.8) is 0 Å². The Bertz CT molecular complexity index is 303. The van der Waals surface area contributed by atoms with Crippen LogP contribution in [0.4, 0.5) is 0 Å². The molecular weight excluding hydrogens is 256 g/mol. The van der Waals surface area contributed by atoms with Gasteiger partial charge in [0.15, 0.2) is 0 Å². The van der Waals surface area contributed by atoms with Crippen molar-refractivity contribution in [1.29, 1.82) is 0 Å². The first kappa shape index (κ1) is 15.8. The first-order chi connectivity index (χ1) is 10.3. The van der Waals surface area contributed by atoms with E-state index in [0.29, 0.717) is 5.41 Å². The van der Waals surface area contributed by atoms with E-state index in [9.17, 15) is 0 Å². The minimum absolute atomic E-state index is 0.581. The minimum atomic E-state index is 0.581. The molecule has 1 aliphatic heterocycles. The van der Waals surface area contributed by atoms with Gasteiger partial charge in [-0.3, -0.25) is 0 Å². The van der Waals surface area contributed by atoms with Gasteiger partial charge in [0, 0.05) is 25.2 Å². The van der Waals surface area contributed by atoms with Crippen molar-refractivity contribution in [3.8, 4) is 0 Å². The van der Waals surface area contributed by atoms with E-state index in [2.05, 4.69) is 17.1 Å². The molecule has 2 heteroatoms. The Morgan fingerprint density at radius 3 is 2.33 bits per heavy atom. The van der Waals surface area contributed by atoms with Crippen molar-refractivity contribution in [2.75, 3.05) is 19.6 Å². The van der Waals surface area contributed by atoms with Gasteiger partial charge in [-0.05, 0) is 57.4 Å². The van der Waals surface area contributed by atoms with Gasteiger partial charge in [-0.15, -0.1) is 0 Å². The lowest BCUT2D eigenvalue weighted by atomic mass is 9.79. The zero-order valence-electron chi connectivity index (χ0n) is 14.2. The predicted octanol–water partition coefficient (Wildman–Crippen LogP) is 4.34. The van der Waals surface area contributed by atoms with E-state index in [0.717, 1.165) is 12.1 Å². The van der Waals surface area contributed by atoms with E-state index in [1.807, 2.05) is 0 Å². The SMILES string of the molecule is CC1CCCCCN1CC1(CNC2CC2)CCCCCC1. The molecule has 0 aromatic rings. The average Bonchev–Trinajstić information content (AvgIpc) is 3.30. The summed E-state index contributed by atoms with van der Waals surface area (Å²) in [5, 5.41) is 3.89.